The maximum Gasteiger partial charge on any atom is 2.00 e. The van der Waals surface area contributed by atoms with E-state index in [1.54, 1.807) is 11.8 Å². The van der Waals surface area contributed by atoms with E-state index in [9.17, 15) is 0 Å². The Bertz CT molecular complexity index is 1110. The van der Waals surface area contributed by atoms with Crippen LogP contribution in [0.3, 0.4) is 0 Å². The Morgan fingerprint density at radius 3 is 2.16 bits per heavy atom. The van der Waals surface area contributed by atoms with Crippen molar-refractivity contribution >= 4 is 11.8 Å². The molecule has 0 bridgehead atoms. The summed E-state index contributed by atoms with van der Waals surface area (Å²) in [6.45, 7) is 2.16. The van der Waals surface area contributed by atoms with Gasteiger partial charge in [0, 0.05) is 16.5 Å². The van der Waals surface area contributed by atoms with Gasteiger partial charge in [-0.25, -0.2) is 18.2 Å². The van der Waals surface area contributed by atoms with Gasteiger partial charge in [0.1, 0.15) is 5.69 Å². The Balaban J connectivity index is 0.000000401. The molecule has 1 atom stereocenters. The SMILES string of the molecule is C[C@@H](c1cc[cH-]c1Sc1ccccc1)n1cc(-c2ccccc2)nn1.[Fe+2].c1cc[cH-]c1. The van der Waals surface area contributed by atoms with Gasteiger partial charge >= 0.3 is 17.1 Å². The zero-order chi connectivity index (χ0) is 20.6. The third-order valence-electron chi connectivity index (χ3n) is 4.76. The van der Waals surface area contributed by atoms with Crippen molar-refractivity contribution in [1.29, 1.82) is 0 Å². The molecule has 5 heteroatoms. The van der Waals surface area contributed by atoms with Gasteiger partial charge in [-0.15, -0.1) is 21.8 Å². The number of aromatic nitrogens is 3. The summed E-state index contributed by atoms with van der Waals surface area (Å²) < 4.78 is 1.94. The van der Waals surface area contributed by atoms with Crippen molar-refractivity contribution in [3.05, 3.63) is 121 Å². The van der Waals surface area contributed by atoms with Crippen molar-refractivity contribution < 1.29 is 17.1 Å². The molecular weight excluding hydrogens is 442 g/mol. The summed E-state index contributed by atoms with van der Waals surface area (Å²) in [5.74, 6) is 0. The molecule has 0 saturated carbocycles. The van der Waals surface area contributed by atoms with Gasteiger partial charge in [-0.3, -0.25) is 4.68 Å². The van der Waals surface area contributed by atoms with Gasteiger partial charge < -0.3 is 0 Å². The molecule has 4 aromatic carbocycles. The normalized spacial score (nSPS) is 11.1. The predicted molar refractivity (Wildman–Crippen MR) is 124 cm³/mol. The molecule has 5 rings (SSSR count). The Kier molecular flexibility index (Phi) is 8.48. The summed E-state index contributed by atoms with van der Waals surface area (Å²) in [7, 11) is 0. The number of hydrogen-bond acceptors (Lipinski definition) is 3. The van der Waals surface area contributed by atoms with Crippen LogP contribution < -0.4 is 0 Å². The van der Waals surface area contributed by atoms with Crippen molar-refractivity contribution in [2.24, 2.45) is 0 Å². The molecule has 1 aromatic heterocycles. The maximum atomic E-state index is 4.35. The first-order valence-corrected chi connectivity index (χ1v) is 10.8. The van der Waals surface area contributed by atoms with Crippen LogP contribution in [0.1, 0.15) is 18.5 Å². The number of hydrogen-bond donors (Lipinski definition) is 0. The Morgan fingerprint density at radius 1 is 0.839 bits per heavy atom. The zero-order valence-corrected chi connectivity index (χ0v) is 19.1. The van der Waals surface area contributed by atoms with Crippen LogP contribution in [0, 0.1) is 0 Å². The Hall–Kier alpha value is -2.85. The van der Waals surface area contributed by atoms with Crippen LogP contribution in [-0.4, -0.2) is 15.0 Å². The average molecular weight is 465 g/mol. The van der Waals surface area contributed by atoms with Crippen LogP contribution in [0.4, 0.5) is 0 Å². The van der Waals surface area contributed by atoms with Crippen molar-refractivity contribution in [1.82, 2.24) is 15.0 Å². The summed E-state index contributed by atoms with van der Waals surface area (Å²) in [6.07, 6.45) is 2.02. The van der Waals surface area contributed by atoms with Gasteiger partial charge in [0.15, 0.2) is 0 Å². The molecule has 31 heavy (non-hydrogen) atoms. The minimum Gasteiger partial charge on any atom is -0.257 e. The Morgan fingerprint density at radius 2 is 1.52 bits per heavy atom. The smallest absolute Gasteiger partial charge is 0.257 e. The van der Waals surface area contributed by atoms with E-state index in [-0.39, 0.29) is 23.1 Å². The molecule has 0 saturated heterocycles. The van der Waals surface area contributed by atoms with E-state index in [0.29, 0.717) is 0 Å². The van der Waals surface area contributed by atoms with Crippen LogP contribution in [-0.2, 0) is 17.1 Å². The molecule has 0 fully saturated rings. The van der Waals surface area contributed by atoms with Gasteiger partial charge in [-0.05, 0) is 12.1 Å². The molecule has 1 heterocycles. The summed E-state index contributed by atoms with van der Waals surface area (Å²) >= 11 is 1.79. The summed E-state index contributed by atoms with van der Waals surface area (Å²) in [6, 6.07) is 37.2. The molecule has 3 nitrogen and oxygen atoms in total. The average Bonchev–Trinajstić information content (AvgIpc) is 3.58. The van der Waals surface area contributed by atoms with Gasteiger partial charge in [0.05, 0.1) is 6.20 Å². The van der Waals surface area contributed by atoms with Crippen molar-refractivity contribution in [2.75, 3.05) is 0 Å². The second-order valence-corrected chi connectivity index (χ2v) is 7.96. The predicted octanol–water partition coefficient (Wildman–Crippen LogP) is 6.83. The van der Waals surface area contributed by atoms with Gasteiger partial charge in [-0.1, -0.05) is 60.7 Å². The van der Waals surface area contributed by atoms with Gasteiger partial charge in [0.2, 0.25) is 0 Å². The topological polar surface area (TPSA) is 30.7 Å². The molecule has 0 N–H and O–H groups in total. The van der Waals surface area contributed by atoms with Crippen LogP contribution in [0.25, 0.3) is 11.3 Å². The van der Waals surface area contributed by atoms with E-state index in [2.05, 4.69) is 71.8 Å². The van der Waals surface area contributed by atoms with Crippen molar-refractivity contribution in [3.8, 4) is 11.3 Å². The molecule has 0 unspecified atom stereocenters. The van der Waals surface area contributed by atoms with Crippen LogP contribution in [0.5, 0.6) is 0 Å². The quantitative estimate of drug-likeness (QED) is 0.211. The first-order valence-electron chi connectivity index (χ1n) is 9.94. The fraction of sp³-hybridized carbons (Fsp3) is 0.0769. The molecule has 0 radical (unpaired) electrons. The van der Waals surface area contributed by atoms with Crippen molar-refractivity contribution in [2.45, 2.75) is 22.8 Å². The molecule has 5 aromatic rings. The zero-order valence-electron chi connectivity index (χ0n) is 17.2. The maximum absolute atomic E-state index is 4.35. The van der Waals surface area contributed by atoms with E-state index >= 15 is 0 Å². The fourth-order valence-corrected chi connectivity index (χ4v) is 4.19. The monoisotopic (exact) mass is 465 g/mol. The van der Waals surface area contributed by atoms with Crippen LogP contribution >= 0.6 is 11.8 Å². The van der Waals surface area contributed by atoms with E-state index in [4.69, 9.17) is 0 Å². The largest absolute Gasteiger partial charge is 2.00 e. The second kappa shape index (κ2) is 11.5. The van der Waals surface area contributed by atoms with Gasteiger partial charge in [-0.2, -0.15) is 35.9 Å². The summed E-state index contributed by atoms with van der Waals surface area (Å²) in [4.78, 5) is 2.50. The van der Waals surface area contributed by atoms with E-state index < -0.39 is 0 Å². The number of benzene rings is 2. The van der Waals surface area contributed by atoms with Crippen LogP contribution in [0.2, 0.25) is 0 Å². The molecule has 0 spiro atoms. The summed E-state index contributed by atoms with van der Waals surface area (Å²) in [5, 5.41) is 8.69. The third-order valence-corrected chi connectivity index (χ3v) is 5.86. The summed E-state index contributed by atoms with van der Waals surface area (Å²) in [5.41, 5.74) is 3.25. The number of nitrogens with zero attached hydrogens (tertiary/aromatic N) is 3. The first-order chi connectivity index (χ1) is 14.8. The van der Waals surface area contributed by atoms with Crippen LogP contribution in [0.15, 0.2) is 125 Å². The van der Waals surface area contributed by atoms with E-state index in [0.717, 1.165) is 11.3 Å². The molecule has 0 amide bonds. The van der Waals surface area contributed by atoms with Crippen molar-refractivity contribution in [3.63, 3.8) is 0 Å². The molecule has 156 valence electrons. The second-order valence-electron chi connectivity index (χ2n) is 6.85. The number of rotatable bonds is 5. The standard InChI is InChI=1S/C21H18N3S.C5H5.Fe/c1-16(24-15-20(22-23-24)17-9-4-2-5-10-17)19-13-8-14-21(19)25-18-11-6-3-7-12-18;1-2-4-5-3-1;/h2-16H,1H3;1-5H;/q2*-1;+2/t16-;;/m0../s1. The minimum absolute atomic E-state index is 0. The fourth-order valence-electron chi connectivity index (χ4n) is 3.14. The van der Waals surface area contributed by atoms with Gasteiger partial charge in [0.25, 0.3) is 0 Å². The Labute approximate surface area is 198 Å². The van der Waals surface area contributed by atoms with E-state index in [1.165, 1.54) is 15.4 Å². The molecule has 0 aliphatic carbocycles. The first kappa shape index (κ1) is 22.8. The molecular formula is C26H23FeN3S. The van der Waals surface area contributed by atoms with E-state index in [1.807, 2.05) is 65.5 Å². The third kappa shape index (κ3) is 6.08. The molecule has 0 aliphatic heterocycles. The minimum atomic E-state index is 0. The molecule has 0 aliphatic rings.